The Morgan fingerprint density at radius 1 is 1.24 bits per heavy atom. The van der Waals surface area contributed by atoms with Crippen LogP contribution in [-0.2, 0) is 13.0 Å². The molecule has 0 amide bonds. The number of aromatic nitrogens is 2. The van der Waals surface area contributed by atoms with Crippen LogP contribution in [0.5, 0.6) is 0 Å². The summed E-state index contributed by atoms with van der Waals surface area (Å²) in [4.78, 5) is 25.0. The summed E-state index contributed by atoms with van der Waals surface area (Å²) in [5.74, 6) is 1.25. The Kier molecular flexibility index (Phi) is 5.90. The molecule has 0 saturated carbocycles. The number of fused-ring (bicyclic) bond motifs is 1. The molecule has 0 radical (unpaired) electrons. The third kappa shape index (κ3) is 4.32. The summed E-state index contributed by atoms with van der Waals surface area (Å²) in [5, 5.41) is 4.17. The van der Waals surface area contributed by atoms with Crippen LogP contribution in [-0.4, -0.2) is 23.1 Å². The van der Waals surface area contributed by atoms with Crippen LogP contribution in [0, 0.1) is 12.8 Å². The van der Waals surface area contributed by atoms with E-state index < -0.39 is 0 Å². The van der Waals surface area contributed by atoms with Crippen molar-refractivity contribution in [2.24, 2.45) is 5.92 Å². The van der Waals surface area contributed by atoms with Crippen molar-refractivity contribution in [2.75, 3.05) is 23.3 Å². The van der Waals surface area contributed by atoms with Gasteiger partial charge in [-0.1, -0.05) is 20.3 Å². The van der Waals surface area contributed by atoms with Crippen molar-refractivity contribution >= 4 is 32.9 Å². The quantitative estimate of drug-likeness (QED) is 0.569. The summed E-state index contributed by atoms with van der Waals surface area (Å²) in [6, 6.07) is 8.53. The molecule has 1 aliphatic rings. The van der Waals surface area contributed by atoms with E-state index in [0.717, 1.165) is 41.8 Å². The van der Waals surface area contributed by atoms with Gasteiger partial charge in [-0.3, -0.25) is 4.79 Å². The van der Waals surface area contributed by atoms with Crippen LogP contribution >= 0.6 is 11.3 Å². The molecule has 2 aromatic heterocycles. The number of aromatic amines is 1. The Bertz CT molecular complexity index is 1030. The van der Waals surface area contributed by atoms with E-state index in [4.69, 9.17) is 4.98 Å². The SMILES string of the molecule is CC[C@@H](C)Cc1c(C)sc2nc(CNc3ccc(N4CCCC4)cc3)[nH]c(=O)c12. The molecule has 5 nitrogen and oxygen atoms in total. The lowest BCUT2D eigenvalue weighted by Gasteiger charge is -2.17. The molecular weight excluding hydrogens is 380 g/mol. The fourth-order valence-corrected chi connectivity index (χ4v) is 5.07. The summed E-state index contributed by atoms with van der Waals surface area (Å²) in [5.41, 5.74) is 3.48. The lowest BCUT2D eigenvalue weighted by atomic mass is 9.98. The standard InChI is InChI=1S/C23H30N4OS/c1-4-15(2)13-19-16(3)29-23-21(19)22(28)25-20(26-23)14-24-17-7-9-18(10-8-17)27-11-5-6-12-27/h7-10,15,24H,4-6,11-14H2,1-3H3,(H,25,26,28)/t15-/m1/s1. The van der Waals surface area contributed by atoms with Gasteiger partial charge in [0.25, 0.3) is 5.56 Å². The Hall–Kier alpha value is -2.34. The molecule has 0 spiro atoms. The van der Waals surface area contributed by atoms with E-state index in [0.29, 0.717) is 18.3 Å². The largest absolute Gasteiger partial charge is 0.378 e. The molecule has 6 heteroatoms. The summed E-state index contributed by atoms with van der Waals surface area (Å²) in [6.07, 6.45) is 4.61. The van der Waals surface area contributed by atoms with E-state index in [-0.39, 0.29) is 5.56 Å². The number of nitrogens with zero attached hydrogens (tertiary/aromatic N) is 2. The highest BCUT2D eigenvalue weighted by atomic mass is 32.1. The second-order valence-corrected chi connectivity index (χ2v) is 9.34. The minimum atomic E-state index is -0.0150. The van der Waals surface area contributed by atoms with Gasteiger partial charge in [-0.15, -0.1) is 11.3 Å². The number of rotatable bonds is 7. The Balaban J connectivity index is 1.49. The number of hydrogen-bond acceptors (Lipinski definition) is 5. The molecule has 0 unspecified atom stereocenters. The molecular formula is C23H30N4OS. The maximum absolute atomic E-state index is 12.8. The predicted octanol–water partition coefficient (Wildman–Crippen LogP) is 5.09. The van der Waals surface area contributed by atoms with Gasteiger partial charge in [-0.2, -0.15) is 0 Å². The molecule has 0 aliphatic carbocycles. The number of hydrogen-bond donors (Lipinski definition) is 2. The van der Waals surface area contributed by atoms with Crippen LogP contribution in [0.25, 0.3) is 10.2 Å². The number of benzene rings is 1. The van der Waals surface area contributed by atoms with Gasteiger partial charge in [0.05, 0.1) is 11.9 Å². The van der Waals surface area contributed by atoms with Gasteiger partial charge in [0.2, 0.25) is 0 Å². The molecule has 1 saturated heterocycles. The first-order chi connectivity index (χ1) is 14.0. The molecule has 1 fully saturated rings. The van der Waals surface area contributed by atoms with Crippen molar-refractivity contribution in [3.8, 4) is 0 Å². The van der Waals surface area contributed by atoms with E-state index in [2.05, 4.69) is 60.2 Å². The summed E-state index contributed by atoms with van der Waals surface area (Å²) in [7, 11) is 0. The van der Waals surface area contributed by atoms with Crippen molar-refractivity contribution < 1.29 is 0 Å². The Morgan fingerprint density at radius 3 is 2.66 bits per heavy atom. The van der Waals surface area contributed by atoms with Gasteiger partial charge in [0.15, 0.2) is 0 Å². The molecule has 1 atom stereocenters. The molecule has 4 rings (SSSR count). The predicted molar refractivity (Wildman–Crippen MR) is 123 cm³/mol. The van der Waals surface area contributed by atoms with Gasteiger partial charge in [-0.25, -0.2) is 4.98 Å². The fraction of sp³-hybridized carbons (Fsp3) is 0.478. The van der Waals surface area contributed by atoms with E-state index in [1.165, 1.54) is 29.0 Å². The molecule has 2 N–H and O–H groups in total. The zero-order valence-electron chi connectivity index (χ0n) is 17.5. The van der Waals surface area contributed by atoms with Crippen molar-refractivity contribution in [3.63, 3.8) is 0 Å². The lowest BCUT2D eigenvalue weighted by Crippen LogP contribution is -2.17. The van der Waals surface area contributed by atoms with Crippen molar-refractivity contribution in [1.82, 2.24) is 9.97 Å². The van der Waals surface area contributed by atoms with Crippen molar-refractivity contribution in [1.29, 1.82) is 0 Å². The minimum Gasteiger partial charge on any atom is -0.378 e. The monoisotopic (exact) mass is 410 g/mol. The molecule has 3 heterocycles. The summed E-state index contributed by atoms with van der Waals surface area (Å²) < 4.78 is 0. The molecule has 0 bridgehead atoms. The summed E-state index contributed by atoms with van der Waals surface area (Å²) >= 11 is 1.63. The number of thiophene rings is 1. The first-order valence-corrected chi connectivity index (χ1v) is 11.5. The third-order valence-electron chi connectivity index (χ3n) is 5.96. The topological polar surface area (TPSA) is 61.0 Å². The average molecular weight is 411 g/mol. The van der Waals surface area contributed by atoms with E-state index in [1.807, 2.05) is 0 Å². The fourth-order valence-electron chi connectivity index (χ4n) is 3.99. The zero-order valence-corrected chi connectivity index (χ0v) is 18.4. The van der Waals surface area contributed by atoms with Crippen LogP contribution < -0.4 is 15.8 Å². The first kappa shape index (κ1) is 20.0. The number of H-pyrrole nitrogens is 1. The second-order valence-electron chi connectivity index (χ2n) is 8.14. The molecule has 29 heavy (non-hydrogen) atoms. The second kappa shape index (κ2) is 8.57. The minimum absolute atomic E-state index is 0.0150. The van der Waals surface area contributed by atoms with Gasteiger partial charge < -0.3 is 15.2 Å². The summed E-state index contributed by atoms with van der Waals surface area (Å²) in [6.45, 7) is 9.33. The van der Waals surface area contributed by atoms with Gasteiger partial charge in [-0.05, 0) is 61.9 Å². The number of aryl methyl sites for hydroxylation is 1. The molecule has 1 aliphatic heterocycles. The lowest BCUT2D eigenvalue weighted by molar-refractivity contribution is 0.561. The van der Waals surface area contributed by atoms with Crippen LogP contribution in [0.3, 0.4) is 0 Å². The molecule has 3 aromatic rings. The first-order valence-electron chi connectivity index (χ1n) is 10.6. The van der Waals surface area contributed by atoms with E-state index >= 15 is 0 Å². The van der Waals surface area contributed by atoms with E-state index in [1.54, 1.807) is 11.3 Å². The smallest absolute Gasteiger partial charge is 0.259 e. The maximum Gasteiger partial charge on any atom is 0.259 e. The normalized spacial score (nSPS) is 15.2. The van der Waals surface area contributed by atoms with Crippen LogP contribution in [0.15, 0.2) is 29.1 Å². The highest BCUT2D eigenvalue weighted by Gasteiger charge is 2.17. The van der Waals surface area contributed by atoms with Gasteiger partial charge in [0.1, 0.15) is 10.7 Å². The number of anilines is 2. The van der Waals surface area contributed by atoms with Crippen molar-refractivity contribution in [2.45, 2.75) is 53.0 Å². The zero-order chi connectivity index (χ0) is 20.4. The van der Waals surface area contributed by atoms with Crippen LogP contribution in [0.4, 0.5) is 11.4 Å². The maximum atomic E-state index is 12.8. The van der Waals surface area contributed by atoms with E-state index in [9.17, 15) is 4.79 Å². The van der Waals surface area contributed by atoms with Crippen LogP contribution in [0.2, 0.25) is 0 Å². The molecule has 1 aromatic carbocycles. The average Bonchev–Trinajstić information content (AvgIpc) is 3.35. The van der Waals surface area contributed by atoms with Gasteiger partial charge in [0, 0.05) is 29.3 Å². The third-order valence-corrected chi connectivity index (χ3v) is 7.00. The van der Waals surface area contributed by atoms with Crippen LogP contribution in [0.1, 0.15) is 49.4 Å². The van der Waals surface area contributed by atoms with Crippen molar-refractivity contribution in [3.05, 3.63) is 50.9 Å². The highest BCUT2D eigenvalue weighted by molar-refractivity contribution is 7.18. The van der Waals surface area contributed by atoms with Gasteiger partial charge >= 0.3 is 0 Å². The molecule has 154 valence electrons. The Morgan fingerprint density at radius 2 is 1.97 bits per heavy atom. The highest BCUT2D eigenvalue weighted by Crippen LogP contribution is 2.29. The number of nitrogens with one attached hydrogen (secondary N) is 2. The Labute approximate surface area is 176 Å².